The molecule has 128 valence electrons. The topological polar surface area (TPSA) is 104 Å². The van der Waals surface area contributed by atoms with E-state index in [0.717, 1.165) is 48.8 Å². The SMILES string of the molecule is O=C(O)C[C@@H](SCC(=O)NC12CC3CC(CC(C3)C1)C2)C(=O)O. The van der Waals surface area contributed by atoms with Crippen LogP contribution in [0.25, 0.3) is 0 Å². The van der Waals surface area contributed by atoms with Gasteiger partial charge in [0, 0.05) is 5.54 Å². The molecule has 0 saturated heterocycles. The van der Waals surface area contributed by atoms with Crippen LogP contribution < -0.4 is 5.32 Å². The second kappa shape index (κ2) is 6.34. The molecule has 23 heavy (non-hydrogen) atoms. The molecule has 0 aromatic rings. The van der Waals surface area contributed by atoms with Gasteiger partial charge >= 0.3 is 11.9 Å². The van der Waals surface area contributed by atoms with Crippen molar-refractivity contribution in [2.75, 3.05) is 5.75 Å². The van der Waals surface area contributed by atoms with Gasteiger partial charge in [-0.15, -0.1) is 11.8 Å². The monoisotopic (exact) mass is 341 g/mol. The number of rotatable bonds is 7. The highest BCUT2D eigenvalue weighted by Crippen LogP contribution is 2.55. The lowest BCUT2D eigenvalue weighted by Crippen LogP contribution is -2.60. The molecule has 6 nitrogen and oxygen atoms in total. The summed E-state index contributed by atoms with van der Waals surface area (Å²) < 4.78 is 0. The fourth-order valence-corrected chi connectivity index (χ4v) is 5.98. The highest BCUT2D eigenvalue weighted by molar-refractivity contribution is 8.01. The number of amides is 1. The van der Waals surface area contributed by atoms with Crippen LogP contribution in [0, 0.1) is 17.8 Å². The number of hydrogen-bond donors (Lipinski definition) is 3. The summed E-state index contributed by atoms with van der Waals surface area (Å²) in [6.45, 7) is 0. The van der Waals surface area contributed by atoms with Crippen LogP contribution >= 0.6 is 11.8 Å². The van der Waals surface area contributed by atoms with Crippen molar-refractivity contribution in [3.8, 4) is 0 Å². The van der Waals surface area contributed by atoms with Crippen LogP contribution in [0.2, 0.25) is 0 Å². The minimum atomic E-state index is -1.18. The Balaban J connectivity index is 1.53. The fourth-order valence-electron chi connectivity index (χ4n) is 5.15. The Morgan fingerprint density at radius 3 is 2.00 bits per heavy atom. The molecule has 4 saturated carbocycles. The largest absolute Gasteiger partial charge is 0.481 e. The normalized spacial score (nSPS) is 35.7. The molecular formula is C16H23NO5S. The molecule has 4 bridgehead atoms. The molecule has 0 aromatic heterocycles. The lowest BCUT2D eigenvalue weighted by Gasteiger charge is -2.56. The zero-order chi connectivity index (χ0) is 16.6. The van der Waals surface area contributed by atoms with Crippen LogP contribution in [0.5, 0.6) is 0 Å². The van der Waals surface area contributed by atoms with Crippen LogP contribution in [0.15, 0.2) is 0 Å². The van der Waals surface area contributed by atoms with Gasteiger partial charge in [-0.1, -0.05) is 0 Å². The first-order valence-electron chi connectivity index (χ1n) is 8.22. The molecular weight excluding hydrogens is 318 g/mol. The lowest BCUT2D eigenvalue weighted by atomic mass is 9.53. The van der Waals surface area contributed by atoms with E-state index in [1.54, 1.807) is 0 Å². The molecule has 4 aliphatic rings. The fraction of sp³-hybridized carbons (Fsp3) is 0.812. The number of aliphatic carboxylic acids is 2. The maximum atomic E-state index is 12.3. The van der Waals surface area contributed by atoms with Gasteiger partial charge in [0.2, 0.25) is 5.91 Å². The summed E-state index contributed by atoms with van der Waals surface area (Å²) in [5.41, 5.74) is -0.0854. The van der Waals surface area contributed by atoms with Crippen molar-refractivity contribution in [1.29, 1.82) is 0 Å². The average molecular weight is 341 g/mol. The van der Waals surface area contributed by atoms with Gasteiger partial charge in [-0.2, -0.15) is 0 Å². The smallest absolute Gasteiger partial charge is 0.317 e. The molecule has 3 N–H and O–H groups in total. The zero-order valence-electron chi connectivity index (χ0n) is 13.0. The highest BCUT2D eigenvalue weighted by atomic mass is 32.2. The molecule has 4 rings (SSSR count). The van der Waals surface area contributed by atoms with Gasteiger partial charge in [0.05, 0.1) is 12.2 Å². The molecule has 1 amide bonds. The first-order valence-corrected chi connectivity index (χ1v) is 9.27. The summed E-state index contributed by atoms with van der Waals surface area (Å²) in [6.07, 6.45) is 6.56. The van der Waals surface area contributed by atoms with E-state index in [1.165, 1.54) is 19.3 Å². The molecule has 1 atom stereocenters. The van der Waals surface area contributed by atoms with Gasteiger partial charge in [0.25, 0.3) is 0 Å². The van der Waals surface area contributed by atoms with Gasteiger partial charge in [0.1, 0.15) is 5.25 Å². The van der Waals surface area contributed by atoms with Crippen molar-refractivity contribution in [2.45, 2.75) is 55.7 Å². The van der Waals surface area contributed by atoms with E-state index in [1.807, 2.05) is 0 Å². The third kappa shape index (κ3) is 3.82. The number of carbonyl (C=O) groups is 3. The maximum absolute atomic E-state index is 12.3. The van der Waals surface area contributed by atoms with Crippen molar-refractivity contribution >= 4 is 29.6 Å². The Morgan fingerprint density at radius 2 is 1.57 bits per heavy atom. The molecule has 0 aromatic carbocycles. The Hall–Kier alpha value is -1.24. The van der Waals surface area contributed by atoms with E-state index >= 15 is 0 Å². The van der Waals surface area contributed by atoms with Crippen molar-refractivity contribution in [3.05, 3.63) is 0 Å². The minimum absolute atomic E-state index is 0.00595. The molecule has 0 heterocycles. The average Bonchev–Trinajstić information content (AvgIpc) is 2.40. The number of hydrogen-bond acceptors (Lipinski definition) is 4. The molecule has 0 aliphatic heterocycles. The molecule has 7 heteroatoms. The summed E-state index contributed by atoms with van der Waals surface area (Å²) in [7, 11) is 0. The standard InChI is InChI=1S/C16H23NO5S/c18-13(8-23-12(15(21)22)4-14(19)20)17-16-5-9-1-10(6-16)3-11(2-9)7-16/h9-12H,1-8H2,(H,17,18)(H,19,20)(H,21,22)/t9?,10?,11?,12-,16?/m1/s1. The predicted octanol–water partition coefficient (Wildman–Crippen LogP) is 1.73. The molecule has 0 radical (unpaired) electrons. The van der Waals surface area contributed by atoms with Crippen molar-refractivity contribution in [3.63, 3.8) is 0 Å². The van der Waals surface area contributed by atoms with E-state index in [9.17, 15) is 14.4 Å². The second-order valence-electron chi connectivity index (χ2n) is 7.48. The number of carboxylic acids is 2. The van der Waals surface area contributed by atoms with E-state index in [4.69, 9.17) is 10.2 Å². The third-order valence-corrected chi connectivity index (χ3v) is 6.69. The first kappa shape index (κ1) is 16.6. The van der Waals surface area contributed by atoms with Crippen LogP contribution in [-0.2, 0) is 14.4 Å². The Bertz CT molecular complexity index is 485. The summed E-state index contributed by atoms with van der Waals surface area (Å²) in [5.74, 6) is -0.305. The third-order valence-electron chi connectivity index (χ3n) is 5.49. The zero-order valence-corrected chi connectivity index (χ0v) is 13.8. The molecule has 4 aliphatic carbocycles. The Kier molecular flexibility index (Phi) is 4.58. The summed E-state index contributed by atoms with van der Waals surface area (Å²) in [5, 5.41) is 19.9. The van der Waals surface area contributed by atoms with Crippen LogP contribution in [0.1, 0.15) is 44.9 Å². The van der Waals surface area contributed by atoms with E-state index in [0.29, 0.717) is 0 Å². The lowest BCUT2D eigenvalue weighted by molar-refractivity contribution is -0.142. The number of nitrogens with one attached hydrogen (secondary N) is 1. The predicted molar refractivity (Wildman–Crippen MR) is 85.2 cm³/mol. The molecule has 4 fully saturated rings. The van der Waals surface area contributed by atoms with E-state index in [2.05, 4.69) is 5.32 Å². The van der Waals surface area contributed by atoms with Crippen LogP contribution in [-0.4, -0.2) is 44.6 Å². The number of carboxylic acid groups (broad SMARTS) is 2. The second-order valence-corrected chi connectivity index (χ2v) is 8.67. The van der Waals surface area contributed by atoms with Gasteiger partial charge in [0.15, 0.2) is 0 Å². The summed E-state index contributed by atoms with van der Waals surface area (Å²) in [4.78, 5) is 34.0. The van der Waals surface area contributed by atoms with E-state index in [-0.39, 0.29) is 17.2 Å². The number of thioether (sulfide) groups is 1. The van der Waals surface area contributed by atoms with Gasteiger partial charge in [-0.3, -0.25) is 14.4 Å². The van der Waals surface area contributed by atoms with Gasteiger partial charge < -0.3 is 15.5 Å². The number of carbonyl (C=O) groups excluding carboxylic acids is 1. The first-order chi connectivity index (χ1) is 10.8. The van der Waals surface area contributed by atoms with Crippen molar-refractivity contribution < 1.29 is 24.6 Å². The Labute approximate surface area is 139 Å². The van der Waals surface area contributed by atoms with Crippen LogP contribution in [0.4, 0.5) is 0 Å². The van der Waals surface area contributed by atoms with Crippen LogP contribution in [0.3, 0.4) is 0 Å². The maximum Gasteiger partial charge on any atom is 0.317 e. The minimum Gasteiger partial charge on any atom is -0.481 e. The highest BCUT2D eigenvalue weighted by Gasteiger charge is 2.51. The van der Waals surface area contributed by atoms with Gasteiger partial charge in [-0.05, 0) is 56.3 Å². The molecule has 0 unspecified atom stereocenters. The van der Waals surface area contributed by atoms with Gasteiger partial charge in [-0.25, -0.2) is 0 Å². The quantitative estimate of drug-likeness (QED) is 0.651. The van der Waals surface area contributed by atoms with Crippen molar-refractivity contribution in [1.82, 2.24) is 5.32 Å². The summed E-state index contributed by atoms with van der Waals surface area (Å²) >= 11 is 0.902. The molecule has 0 spiro atoms. The Morgan fingerprint density at radius 1 is 1.04 bits per heavy atom. The van der Waals surface area contributed by atoms with E-state index < -0.39 is 23.6 Å². The van der Waals surface area contributed by atoms with Crippen molar-refractivity contribution in [2.24, 2.45) is 17.8 Å². The summed E-state index contributed by atoms with van der Waals surface area (Å²) in [6, 6.07) is 0.